The molecular weight excluding hydrogens is 324 g/mol. The summed E-state index contributed by atoms with van der Waals surface area (Å²) in [6, 6.07) is 4.88. The molecule has 0 saturated heterocycles. The van der Waals surface area contributed by atoms with Crippen molar-refractivity contribution in [3.63, 3.8) is 0 Å². The summed E-state index contributed by atoms with van der Waals surface area (Å²) in [5, 5.41) is 14.0. The zero-order valence-corrected chi connectivity index (χ0v) is 12.9. The Labute approximate surface area is 127 Å². The molecule has 1 N–H and O–H groups in total. The van der Waals surface area contributed by atoms with E-state index in [-0.39, 0.29) is 10.6 Å². The van der Waals surface area contributed by atoms with Crippen molar-refractivity contribution in [3.05, 3.63) is 32.8 Å². The predicted octanol–water partition coefficient (Wildman–Crippen LogP) is 4.12. The van der Waals surface area contributed by atoms with E-state index in [1.807, 2.05) is 0 Å². The molecule has 1 fully saturated rings. The molecule has 1 saturated carbocycles. The molecule has 1 aliphatic carbocycles. The topological polar surface area (TPSA) is 64.4 Å². The predicted molar refractivity (Wildman–Crippen MR) is 82.1 cm³/mol. The molecule has 6 heteroatoms. The highest BCUT2D eigenvalue weighted by Crippen LogP contribution is 2.27. The summed E-state index contributed by atoms with van der Waals surface area (Å²) in [7, 11) is 0. The number of nitrogens with zero attached hydrogens (tertiary/aromatic N) is 1. The van der Waals surface area contributed by atoms with Crippen molar-refractivity contribution in [3.8, 4) is 0 Å². The number of rotatable bonds is 6. The van der Waals surface area contributed by atoms with Crippen molar-refractivity contribution in [1.29, 1.82) is 0 Å². The largest absolute Gasteiger partial charge is 0.377 e. The first-order chi connectivity index (χ1) is 9.66. The van der Waals surface area contributed by atoms with Crippen LogP contribution < -0.4 is 5.32 Å². The van der Waals surface area contributed by atoms with E-state index in [1.165, 1.54) is 25.3 Å². The van der Waals surface area contributed by atoms with E-state index in [0.29, 0.717) is 24.9 Å². The summed E-state index contributed by atoms with van der Waals surface area (Å²) in [6.45, 7) is 1.15. The van der Waals surface area contributed by atoms with E-state index in [0.717, 1.165) is 17.3 Å². The van der Waals surface area contributed by atoms with Crippen LogP contribution in [0.1, 0.15) is 32.1 Å². The number of halogens is 1. The van der Waals surface area contributed by atoms with Gasteiger partial charge in [-0.1, -0.05) is 35.2 Å². The lowest BCUT2D eigenvalue weighted by molar-refractivity contribution is -0.384. The molecule has 1 aromatic carbocycles. The SMILES string of the molecule is O=[N+]([O-])c1ccc(Br)cc1NCCOC1CCCCC1. The van der Waals surface area contributed by atoms with Gasteiger partial charge in [-0.3, -0.25) is 10.1 Å². The minimum absolute atomic E-state index is 0.0888. The first-order valence-corrected chi connectivity index (χ1v) is 7.75. The summed E-state index contributed by atoms with van der Waals surface area (Å²) in [5.41, 5.74) is 0.613. The Morgan fingerprint density at radius 3 is 2.80 bits per heavy atom. The molecule has 0 radical (unpaired) electrons. The quantitative estimate of drug-likeness (QED) is 0.479. The van der Waals surface area contributed by atoms with Crippen LogP contribution in [0.2, 0.25) is 0 Å². The van der Waals surface area contributed by atoms with E-state index < -0.39 is 0 Å². The van der Waals surface area contributed by atoms with Gasteiger partial charge in [0, 0.05) is 17.1 Å². The summed E-state index contributed by atoms with van der Waals surface area (Å²) >= 11 is 3.32. The third kappa shape index (κ3) is 4.45. The van der Waals surface area contributed by atoms with Gasteiger partial charge in [-0.2, -0.15) is 0 Å². The van der Waals surface area contributed by atoms with Crippen LogP contribution in [-0.2, 0) is 4.74 Å². The minimum atomic E-state index is -0.378. The van der Waals surface area contributed by atoms with E-state index >= 15 is 0 Å². The highest BCUT2D eigenvalue weighted by atomic mass is 79.9. The first kappa shape index (κ1) is 15.3. The molecule has 0 spiro atoms. The van der Waals surface area contributed by atoms with Gasteiger partial charge in [0.1, 0.15) is 5.69 Å². The molecule has 0 heterocycles. The van der Waals surface area contributed by atoms with Gasteiger partial charge < -0.3 is 10.1 Å². The van der Waals surface area contributed by atoms with Gasteiger partial charge in [-0.15, -0.1) is 0 Å². The molecule has 20 heavy (non-hydrogen) atoms. The van der Waals surface area contributed by atoms with Crippen molar-refractivity contribution < 1.29 is 9.66 Å². The molecule has 0 unspecified atom stereocenters. The van der Waals surface area contributed by atoms with Crippen LogP contribution in [0.25, 0.3) is 0 Å². The van der Waals surface area contributed by atoms with Crippen LogP contribution in [0.15, 0.2) is 22.7 Å². The van der Waals surface area contributed by atoms with Crippen molar-refractivity contribution in [2.75, 3.05) is 18.5 Å². The fourth-order valence-electron chi connectivity index (χ4n) is 2.45. The molecule has 0 bridgehead atoms. The maximum absolute atomic E-state index is 10.9. The van der Waals surface area contributed by atoms with Crippen LogP contribution >= 0.6 is 15.9 Å². The molecule has 0 amide bonds. The molecule has 0 atom stereocenters. The summed E-state index contributed by atoms with van der Waals surface area (Å²) in [6.07, 6.45) is 6.43. The molecule has 2 rings (SSSR count). The van der Waals surface area contributed by atoms with E-state index in [2.05, 4.69) is 21.2 Å². The normalized spacial score (nSPS) is 16.1. The molecule has 0 aliphatic heterocycles. The van der Waals surface area contributed by atoms with Gasteiger partial charge >= 0.3 is 0 Å². The number of nitro groups is 1. The number of ether oxygens (including phenoxy) is 1. The van der Waals surface area contributed by atoms with Gasteiger partial charge in [-0.25, -0.2) is 0 Å². The lowest BCUT2D eigenvalue weighted by Crippen LogP contribution is -2.20. The van der Waals surface area contributed by atoms with E-state index in [1.54, 1.807) is 12.1 Å². The molecule has 1 aromatic rings. The van der Waals surface area contributed by atoms with Crippen LogP contribution in [0.4, 0.5) is 11.4 Å². The van der Waals surface area contributed by atoms with E-state index in [4.69, 9.17) is 4.74 Å². The molecule has 5 nitrogen and oxygen atoms in total. The highest BCUT2D eigenvalue weighted by molar-refractivity contribution is 9.10. The monoisotopic (exact) mass is 342 g/mol. The Morgan fingerprint density at radius 2 is 2.10 bits per heavy atom. The second-order valence-corrected chi connectivity index (χ2v) is 5.89. The van der Waals surface area contributed by atoms with Gasteiger partial charge in [-0.05, 0) is 25.0 Å². The van der Waals surface area contributed by atoms with Crippen molar-refractivity contribution in [2.24, 2.45) is 0 Å². The number of hydrogen-bond acceptors (Lipinski definition) is 4. The van der Waals surface area contributed by atoms with Gasteiger partial charge in [0.05, 0.1) is 17.6 Å². The Balaban J connectivity index is 1.81. The molecular formula is C14H19BrN2O3. The Hall–Kier alpha value is -1.14. The molecule has 0 aromatic heterocycles. The minimum Gasteiger partial charge on any atom is -0.377 e. The second kappa shape index (κ2) is 7.59. The average Bonchev–Trinajstić information content (AvgIpc) is 2.44. The van der Waals surface area contributed by atoms with Crippen LogP contribution in [0.5, 0.6) is 0 Å². The Bertz CT molecular complexity index is 462. The fraction of sp³-hybridized carbons (Fsp3) is 0.571. The van der Waals surface area contributed by atoms with Gasteiger partial charge in [0.2, 0.25) is 0 Å². The first-order valence-electron chi connectivity index (χ1n) is 6.96. The number of nitro benzene ring substituents is 1. The Morgan fingerprint density at radius 1 is 1.35 bits per heavy atom. The lowest BCUT2D eigenvalue weighted by Gasteiger charge is -2.22. The summed E-state index contributed by atoms with van der Waals surface area (Å²) < 4.78 is 6.61. The average molecular weight is 343 g/mol. The maximum Gasteiger partial charge on any atom is 0.292 e. The third-order valence-corrected chi connectivity index (χ3v) is 3.97. The highest BCUT2D eigenvalue weighted by Gasteiger charge is 2.15. The second-order valence-electron chi connectivity index (χ2n) is 4.98. The Kier molecular flexibility index (Phi) is 5.79. The van der Waals surface area contributed by atoms with Crippen molar-refractivity contribution in [1.82, 2.24) is 0 Å². The summed E-state index contributed by atoms with van der Waals surface area (Å²) in [5.74, 6) is 0. The van der Waals surface area contributed by atoms with Crippen LogP contribution in [-0.4, -0.2) is 24.2 Å². The third-order valence-electron chi connectivity index (χ3n) is 3.48. The zero-order valence-electron chi connectivity index (χ0n) is 11.3. The summed E-state index contributed by atoms with van der Waals surface area (Å²) in [4.78, 5) is 10.6. The maximum atomic E-state index is 10.9. The molecule has 110 valence electrons. The lowest BCUT2D eigenvalue weighted by atomic mass is 9.98. The van der Waals surface area contributed by atoms with Crippen LogP contribution in [0, 0.1) is 10.1 Å². The van der Waals surface area contributed by atoms with Gasteiger partial charge in [0.25, 0.3) is 5.69 Å². The smallest absolute Gasteiger partial charge is 0.292 e. The number of hydrogen-bond donors (Lipinski definition) is 1. The van der Waals surface area contributed by atoms with E-state index in [9.17, 15) is 10.1 Å². The number of anilines is 1. The van der Waals surface area contributed by atoms with Crippen LogP contribution in [0.3, 0.4) is 0 Å². The standard InChI is InChI=1S/C14H19BrN2O3/c15-11-6-7-14(17(18)19)13(10-11)16-8-9-20-12-4-2-1-3-5-12/h6-7,10,12,16H,1-5,8-9H2. The van der Waals surface area contributed by atoms with Crippen molar-refractivity contribution in [2.45, 2.75) is 38.2 Å². The van der Waals surface area contributed by atoms with Crippen molar-refractivity contribution >= 4 is 27.3 Å². The van der Waals surface area contributed by atoms with Gasteiger partial charge in [0.15, 0.2) is 0 Å². The number of nitrogens with one attached hydrogen (secondary N) is 1. The number of benzene rings is 1. The zero-order chi connectivity index (χ0) is 14.4. The fourth-order valence-corrected chi connectivity index (χ4v) is 2.81. The molecule has 1 aliphatic rings.